The van der Waals surface area contributed by atoms with Crippen LogP contribution in [-0.4, -0.2) is 23.8 Å². The lowest BCUT2D eigenvalue weighted by Crippen LogP contribution is -2.34. The van der Waals surface area contributed by atoms with Crippen molar-refractivity contribution in [1.29, 1.82) is 0 Å². The number of esters is 1. The van der Waals surface area contributed by atoms with Crippen LogP contribution in [0.2, 0.25) is 0 Å². The Morgan fingerprint density at radius 1 is 1.47 bits per heavy atom. The standard InChI is InChI=1S/C11H16Cl2O2/c1-11(5-3-2-4-6-11)10(14)15-9(7-12)8-13/h2-3,9H,4-8H2,1H3/t11-/m0/s1. The summed E-state index contributed by atoms with van der Waals surface area (Å²) in [6.07, 6.45) is 6.25. The van der Waals surface area contributed by atoms with Gasteiger partial charge in [-0.25, -0.2) is 0 Å². The number of rotatable bonds is 4. The van der Waals surface area contributed by atoms with Crippen molar-refractivity contribution < 1.29 is 9.53 Å². The van der Waals surface area contributed by atoms with Gasteiger partial charge in [-0.15, -0.1) is 23.2 Å². The minimum atomic E-state index is -0.398. The molecule has 1 aliphatic rings. The van der Waals surface area contributed by atoms with Crippen molar-refractivity contribution in [3.05, 3.63) is 12.2 Å². The van der Waals surface area contributed by atoms with Crippen LogP contribution in [0.25, 0.3) is 0 Å². The van der Waals surface area contributed by atoms with Gasteiger partial charge < -0.3 is 4.74 Å². The highest BCUT2D eigenvalue weighted by atomic mass is 35.5. The van der Waals surface area contributed by atoms with Crippen molar-refractivity contribution in [2.45, 2.75) is 32.3 Å². The van der Waals surface area contributed by atoms with E-state index >= 15 is 0 Å². The SMILES string of the molecule is C[C@]1(C(=O)OC(CCl)CCl)CC=CCC1. The van der Waals surface area contributed by atoms with Gasteiger partial charge >= 0.3 is 5.97 Å². The molecule has 0 saturated heterocycles. The molecule has 0 saturated carbocycles. The highest BCUT2D eigenvalue weighted by molar-refractivity contribution is 6.21. The molecule has 0 fully saturated rings. The van der Waals surface area contributed by atoms with Crippen molar-refractivity contribution in [3.63, 3.8) is 0 Å². The highest BCUT2D eigenvalue weighted by Crippen LogP contribution is 2.33. The van der Waals surface area contributed by atoms with Crippen molar-refractivity contribution in [2.24, 2.45) is 5.41 Å². The summed E-state index contributed by atoms with van der Waals surface area (Å²) in [6, 6.07) is 0. The fraction of sp³-hybridized carbons (Fsp3) is 0.727. The molecule has 0 spiro atoms. The molecule has 0 amide bonds. The molecule has 0 unspecified atom stereocenters. The van der Waals surface area contributed by atoms with Crippen LogP contribution in [0.15, 0.2) is 12.2 Å². The number of halogens is 2. The number of carbonyl (C=O) groups is 1. The number of hydrogen-bond donors (Lipinski definition) is 0. The first-order valence-corrected chi connectivity index (χ1v) is 6.17. The van der Waals surface area contributed by atoms with E-state index in [0.29, 0.717) is 0 Å². The largest absolute Gasteiger partial charge is 0.459 e. The molecule has 86 valence electrons. The third-order valence-electron chi connectivity index (χ3n) is 2.71. The zero-order chi connectivity index (χ0) is 11.3. The number of ether oxygens (including phenoxy) is 1. The van der Waals surface area contributed by atoms with Gasteiger partial charge in [0.15, 0.2) is 0 Å². The Morgan fingerprint density at radius 2 is 2.13 bits per heavy atom. The summed E-state index contributed by atoms with van der Waals surface area (Å²) in [4.78, 5) is 11.9. The van der Waals surface area contributed by atoms with Gasteiger partial charge in [0.05, 0.1) is 17.2 Å². The lowest BCUT2D eigenvalue weighted by atomic mass is 9.79. The van der Waals surface area contributed by atoms with Crippen LogP contribution in [0.5, 0.6) is 0 Å². The second kappa shape index (κ2) is 5.76. The minimum Gasteiger partial charge on any atom is -0.459 e. The van der Waals surface area contributed by atoms with Crippen LogP contribution in [0, 0.1) is 5.41 Å². The molecule has 1 aliphatic carbocycles. The van der Waals surface area contributed by atoms with Crippen LogP contribution >= 0.6 is 23.2 Å². The van der Waals surface area contributed by atoms with Gasteiger partial charge in [0.25, 0.3) is 0 Å². The lowest BCUT2D eigenvalue weighted by Gasteiger charge is -2.29. The quantitative estimate of drug-likeness (QED) is 0.436. The second-order valence-corrected chi connectivity index (χ2v) is 4.73. The highest BCUT2D eigenvalue weighted by Gasteiger charge is 2.35. The van der Waals surface area contributed by atoms with E-state index in [9.17, 15) is 4.79 Å². The van der Waals surface area contributed by atoms with Crippen LogP contribution in [0.3, 0.4) is 0 Å². The molecule has 0 heterocycles. The molecule has 0 aliphatic heterocycles. The summed E-state index contributed by atoms with van der Waals surface area (Å²) in [7, 11) is 0. The Bertz CT molecular complexity index is 249. The minimum absolute atomic E-state index is 0.182. The zero-order valence-electron chi connectivity index (χ0n) is 8.84. The molecule has 0 aromatic heterocycles. The Morgan fingerprint density at radius 3 is 2.60 bits per heavy atom. The van der Waals surface area contributed by atoms with Gasteiger partial charge in [-0.05, 0) is 26.2 Å². The molecule has 1 rings (SSSR count). The first kappa shape index (κ1) is 12.9. The Balaban J connectivity index is 2.55. The van der Waals surface area contributed by atoms with E-state index in [1.807, 2.05) is 13.0 Å². The molecule has 15 heavy (non-hydrogen) atoms. The van der Waals surface area contributed by atoms with Gasteiger partial charge in [-0.1, -0.05) is 12.2 Å². The van der Waals surface area contributed by atoms with Crippen molar-refractivity contribution >= 4 is 29.2 Å². The van der Waals surface area contributed by atoms with E-state index < -0.39 is 5.41 Å². The monoisotopic (exact) mass is 250 g/mol. The van der Waals surface area contributed by atoms with Crippen molar-refractivity contribution in [1.82, 2.24) is 0 Å². The number of carbonyl (C=O) groups excluding carboxylic acids is 1. The normalized spacial score (nSPS) is 25.6. The van der Waals surface area contributed by atoms with E-state index in [-0.39, 0.29) is 23.8 Å². The van der Waals surface area contributed by atoms with E-state index in [0.717, 1.165) is 19.3 Å². The maximum atomic E-state index is 11.9. The van der Waals surface area contributed by atoms with Crippen LogP contribution in [-0.2, 0) is 9.53 Å². The second-order valence-electron chi connectivity index (χ2n) is 4.11. The van der Waals surface area contributed by atoms with Crippen LogP contribution < -0.4 is 0 Å². The molecular formula is C11H16Cl2O2. The zero-order valence-corrected chi connectivity index (χ0v) is 10.4. The van der Waals surface area contributed by atoms with Gasteiger partial charge in [-0.2, -0.15) is 0 Å². The summed E-state index contributed by atoms with van der Waals surface area (Å²) in [5, 5.41) is 0. The summed E-state index contributed by atoms with van der Waals surface area (Å²) in [5.41, 5.74) is -0.398. The molecule has 4 heteroatoms. The van der Waals surface area contributed by atoms with E-state index in [2.05, 4.69) is 6.08 Å². The third-order valence-corrected chi connectivity index (χ3v) is 3.40. The Hall–Kier alpha value is -0.210. The van der Waals surface area contributed by atoms with Gasteiger partial charge in [0.2, 0.25) is 0 Å². The van der Waals surface area contributed by atoms with Crippen LogP contribution in [0.1, 0.15) is 26.2 Å². The Kier molecular flexibility index (Phi) is 4.94. The summed E-state index contributed by atoms with van der Waals surface area (Å²) >= 11 is 11.2. The van der Waals surface area contributed by atoms with E-state index in [1.165, 1.54) is 0 Å². The van der Waals surface area contributed by atoms with Gasteiger partial charge in [0, 0.05) is 0 Å². The fourth-order valence-corrected chi connectivity index (χ4v) is 2.00. The first-order valence-electron chi connectivity index (χ1n) is 5.10. The van der Waals surface area contributed by atoms with Gasteiger partial charge in [-0.3, -0.25) is 4.79 Å². The van der Waals surface area contributed by atoms with E-state index in [1.54, 1.807) is 0 Å². The summed E-state index contributed by atoms with van der Waals surface area (Å²) in [6.45, 7) is 1.93. The van der Waals surface area contributed by atoms with Crippen molar-refractivity contribution in [2.75, 3.05) is 11.8 Å². The summed E-state index contributed by atoms with van der Waals surface area (Å²) in [5.74, 6) is 0.320. The van der Waals surface area contributed by atoms with E-state index in [4.69, 9.17) is 27.9 Å². The van der Waals surface area contributed by atoms with Crippen molar-refractivity contribution in [3.8, 4) is 0 Å². The molecule has 0 aromatic carbocycles. The molecule has 0 bridgehead atoms. The first-order chi connectivity index (χ1) is 7.12. The Labute approximate surface area is 101 Å². The molecule has 2 nitrogen and oxygen atoms in total. The molecular weight excluding hydrogens is 235 g/mol. The molecule has 1 atom stereocenters. The van der Waals surface area contributed by atoms with Gasteiger partial charge in [0.1, 0.15) is 6.10 Å². The number of allylic oxidation sites excluding steroid dienone is 2. The fourth-order valence-electron chi connectivity index (χ4n) is 1.55. The third kappa shape index (κ3) is 3.39. The summed E-state index contributed by atoms with van der Waals surface area (Å²) < 4.78 is 5.25. The number of alkyl halides is 2. The topological polar surface area (TPSA) is 26.3 Å². The maximum Gasteiger partial charge on any atom is 0.312 e. The average Bonchev–Trinajstić information content (AvgIpc) is 2.26. The molecule has 0 aromatic rings. The lowest BCUT2D eigenvalue weighted by molar-refractivity contribution is -0.159. The smallest absolute Gasteiger partial charge is 0.312 e. The number of hydrogen-bond acceptors (Lipinski definition) is 2. The predicted molar refractivity (Wildman–Crippen MR) is 62.4 cm³/mol. The molecule has 0 radical (unpaired) electrons. The average molecular weight is 251 g/mol. The maximum absolute atomic E-state index is 11.9. The van der Waals surface area contributed by atoms with Crippen LogP contribution in [0.4, 0.5) is 0 Å². The molecule has 0 N–H and O–H groups in total. The predicted octanol–water partition coefficient (Wildman–Crippen LogP) is 3.12.